The normalized spacial score (nSPS) is 10.3. The molecule has 0 saturated heterocycles. The van der Waals surface area contributed by atoms with Gasteiger partial charge in [0.2, 0.25) is 0 Å². The maximum atomic E-state index is 11.7. The lowest BCUT2D eigenvalue weighted by Crippen LogP contribution is -2.21. The highest BCUT2D eigenvalue weighted by atomic mass is 79.9. The third-order valence-corrected chi connectivity index (χ3v) is 2.88. The molecule has 0 unspecified atom stereocenters. The number of nitro benzene ring substituents is 1. The summed E-state index contributed by atoms with van der Waals surface area (Å²) in [7, 11) is 0. The van der Waals surface area contributed by atoms with E-state index < -0.39 is 4.92 Å². The molecule has 2 rings (SSSR count). The van der Waals surface area contributed by atoms with Crippen LogP contribution in [0.25, 0.3) is 0 Å². The minimum atomic E-state index is -0.467. The molecule has 0 aliphatic carbocycles. The number of halogens is 1. The van der Waals surface area contributed by atoms with Gasteiger partial charge >= 0.3 is 0 Å². The smallest absolute Gasteiger partial charge is 0.269 e. The van der Waals surface area contributed by atoms with Crippen molar-refractivity contribution in [1.82, 2.24) is 9.55 Å². The summed E-state index contributed by atoms with van der Waals surface area (Å²) in [5.74, 6) is 0. The molecule has 1 heterocycles. The Morgan fingerprint density at radius 1 is 1.44 bits per heavy atom. The summed E-state index contributed by atoms with van der Waals surface area (Å²) in [6.07, 6.45) is 2.80. The molecule has 0 amide bonds. The molecule has 0 N–H and O–H groups in total. The van der Waals surface area contributed by atoms with Crippen LogP contribution in [0.4, 0.5) is 5.69 Å². The predicted octanol–water partition coefficient (Wildman–Crippen LogP) is 1.96. The highest BCUT2D eigenvalue weighted by molar-refractivity contribution is 9.10. The Morgan fingerprint density at radius 3 is 2.94 bits per heavy atom. The Hall–Kier alpha value is -2.02. The quantitative estimate of drug-likeness (QED) is 0.641. The Kier molecular flexibility index (Phi) is 3.52. The molecule has 92 valence electrons. The van der Waals surface area contributed by atoms with Crippen molar-refractivity contribution in [2.75, 3.05) is 0 Å². The first kappa shape index (κ1) is 12.4. The lowest BCUT2D eigenvalue weighted by Gasteiger charge is -2.05. The number of benzene rings is 1. The van der Waals surface area contributed by atoms with Crippen LogP contribution in [-0.4, -0.2) is 14.5 Å². The van der Waals surface area contributed by atoms with Gasteiger partial charge < -0.3 is 0 Å². The predicted molar refractivity (Wildman–Crippen MR) is 68.4 cm³/mol. The van der Waals surface area contributed by atoms with Crippen molar-refractivity contribution in [2.24, 2.45) is 0 Å². The van der Waals surface area contributed by atoms with Gasteiger partial charge in [-0.3, -0.25) is 19.5 Å². The Balaban J connectivity index is 2.34. The molecule has 0 aliphatic rings. The third-order valence-electron chi connectivity index (χ3n) is 2.33. The van der Waals surface area contributed by atoms with Crippen LogP contribution in [0.1, 0.15) is 5.56 Å². The zero-order valence-corrected chi connectivity index (χ0v) is 10.7. The van der Waals surface area contributed by atoms with Crippen molar-refractivity contribution in [3.63, 3.8) is 0 Å². The van der Waals surface area contributed by atoms with Gasteiger partial charge in [-0.05, 0) is 21.5 Å². The van der Waals surface area contributed by atoms with E-state index in [0.717, 1.165) is 0 Å². The molecule has 1 aromatic carbocycles. The molecule has 0 bridgehead atoms. The molecule has 7 heteroatoms. The van der Waals surface area contributed by atoms with Crippen molar-refractivity contribution in [3.05, 3.63) is 67.3 Å². The van der Waals surface area contributed by atoms with Crippen LogP contribution in [-0.2, 0) is 6.54 Å². The summed E-state index contributed by atoms with van der Waals surface area (Å²) in [6.45, 7) is 0.243. The van der Waals surface area contributed by atoms with Crippen LogP contribution in [0.2, 0.25) is 0 Å². The maximum absolute atomic E-state index is 11.7. The minimum Gasteiger partial charge on any atom is -0.294 e. The van der Waals surface area contributed by atoms with Crippen LogP contribution in [0.15, 0.2) is 46.1 Å². The zero-order chi connectivity index (χ0) is 13.1. The average Bonchev–Trinajstić information content (AvgIpc) is 2.35. The van der Waals surface area contributed by atoms with E-state index in [1.807, 2.05) is 0 Å². The number of nitrogens with zero attached hydrogens (tertiary/aromatic N) is 3. The summed E-state index contributed by atoms with van der Waals surface area (Å²) in [5, 5.41) is 10.6. The van der Waals surface area contributed by atoms with Crippen molar-refractivity contribution >= 4 is 21.6 Å². The van der Waals surface area contributed by atoms with Crippen LogP contribution in [0.3, 0.4) is 0 Å². The largest absolute Gasteiger partial charge is 0.294 e. The highest BCUT2D eigenvalue weighted by Crippen LogP contribution is 2.13. The first-order valence-electron chi connectivity index (χ1n) is 5.01. The monoisotopic (exact) mass is 309 g/mol. The van der Waals surface area contributed by atoms with Crippen molar-refractivity contribution in [2.45, 2.75) is 6.54 Å². The maximum Gasteiger partial charge on any atom is 0.269 e. The molecule has 0 atom stereocenters. The highest BCUT2D eigenvalue weighted by Gasteiger charge is 2.07. The number of hydrogen-bond donors (Lipinski definition) is 0. The van der Waals surface area contributed by atoms with Gasteiger partial charge in [0.15, 0.2) is 0 Å². The van der Waals surface area contributed by atoms with Gasteiger partial charge in [-0.1, -0.05) is 12.1 Å². The zero-order valence-electron chi connectivity index (χ0n) is 9.12. The van der Waals surface area contributed by atoms with Crippen LogP contribution in [0, 0.1) is 10.1 Å². The Bertz CT molecular complexity index is 654. The fourth-order valence-electron chi connectivity index (χ4n) is 1.50. The fourth-order valence-corrected chi connectivity index (χ4v) is 1.85. The first-order valence-corrected chi connectivity index (χ1v) is 5.80. The number of nitro groups is 1. The van der Waals surface area contributed by atoms with Gasteiger partial charge in [0.05, 0.1) is 17.8 Å². The number of aromatic nitrogens is 2. The number of rotatable bonds is 3. The van der Waals surface area contributed by atoms with Crippen LogP contribution >= 0.6 is 15.9 Å². The van der Waals surface area contributed by atoms with Gasteiger partial charge in [0.1, 0.15) is 4.47 Å². The topological polar surface area (TPSA) is 78.0 Å². The van der Waals surface area contributed by atoms with Crippen molar-refractivity contribution < 1.29 is 4.92 Å². The number of hydrogen-bond acceptors (Lipinski definition) is 4. The van der Waals surface area contributed by atoms with Gasteiger partial charge in [0.25, 0.3) is 11.2 Å². The van der Waals surface area contributed by atoms with E-state index in [0.29, 0.717) is 10.0 Å². The Morgan fingerprint density at radius 2 is 2.22 bits per heavy atom. The summed E-state index contributed by atoms with van der Waals surface area (Å²) in [4.78, 5) is 25.8. The standard InChI is InChI=1S/C11H8BrN3O3/c12-10-5-13-7-14(11(10)16)6-8-2-1-3-9(4-8)15(17)18/h1-5,7H,6H2. The lowest BCUT2D eigenvalue weighted by atomic mass is 10.2. The lowest BCUT2D eigenvalue weighted by molar-refractivity contribution is -0.384. The van der Waals surface area contributed by atoms with E-state index in [-0.39, 0.29) is 17.8 Å². The molecule has 0 saturated carbocycles. The molecule has 0 radical (unpaired) electrons. The molecule has 0 spiro atoms. The SMILES string of the molecule is O=c1c(Br)cncn1Cc1cccc([N+](=O)[O-])c1. The second-order valence-corrected chi connectivity index (χ2v) is 4.46. The van der Waals surface area contributed by atoms with E-state index in [4.69, 9.17) is 0 Å². The summed E-state index contributed by atoms with van der Waals surface area (Å²) < 4.78 is 1.73. The molecule has 2 aromatic rings. The molecular weight excluding hydrogens is 302 g/mol. The van der Waals surface area contributed by atoms with E-state index in [1.54, 1.807) is 12.1 Å². The van der Waals surface area contributed by atoms with Gasteiger partial charge in [0, 0.05) is 18.3 Å². The van der Waals surface area contributed by atoms with Gasteiger partial charge in [-0.25, -0.2) is 4.98 Å². The van der Waals surface area contributed by atoms with Crippen LogP contribution in [0.5, 0.6) is 0 Å². The Labute approximate surface area is 110 Å². The summed E-state index contributed by atoms with van der Waals surface area (Å²) in [5.41, 5.74) is 0.450. The minimum absolute atomic E-state index is 0.00325. The van der Waals surface area contributed by atoms with Gasteiger partial charge in [-0.15, -0.1) is 0 Å². The summed E-state index contributed by atoms with van der Waals surface area (Å²) in [6, 6.07) is 6.16. The molecule has 1 aromatic heterocycles. The van der Waals surface area contributed by atoms with E-state index in [1.165, 1.54) is 29.2 Å². The van der Waals surface area contributed by atoms with E-state index in [9.17, 15) is 14.9 Å². The summed E-state index contributed by atoms with van der Waals surface area (Å²) >= 11 is 3.09. The van der Waals surface area contributed by atoms with E-state index >= 15 is 0 Å². The molecule has 0 fully saturated rings. The average molecular weight is 310 g/mol. The third kappa shape index (κ3) is 2.62. The second kappa shape index (κ2) is 5.09. The molecular formula is C11H8BrN3O3. The van der Waals surface area contributed by atoms with E-state index in [2.05, 4.69) is 20.9 Å². The number of non-ortho nitro benzene ring substituents is 1. The molecule has 0 aliphatic heterocycles. The molecule has 18 heavy (non-hydrogen) atoms. The second-order valence-electron chi connectivity index (χ2n) is 3.60. The fraction of sp³-hybridized carbons (Fsp3) is 0.0909. The molecule has 6 nitrogen and oxygen atoms in total. The van der Waals surface area contributed by atoms with Crippen molar-refractivity contribution in [1.29, 1.82) is 0 Å². The van der Waals surface area contributed by atoms with Gasteiger partial charge in [-0.2, -0.15) is 0 Å². The first-order chi connectivity index (χ1) is 8.58. The van der Waals surface area contributed by atoms with Crippen molar-refractivity contribution in [3.8, 4) is 0 Å². The van der Waals surface area contributed by atoms with Crippen LogP contribution < -0.4 is 5.56 Å².